The van der Waals surface area contributed by atoms with Gasteiger partial charge in [0.2, 0.25) is 0 Å². The van der Waals surface area contributed by atoms with Gasteiger partial charge in [-0.1, -0.05) is 17.7 Å². The van der Waals surface area contributed by atoms with Crippen LogP contribution in [-0.2, 0) is 0 Å². The smallest absolute Gasteiger partial charge is 0.323 e. The van der Waals surface area contributed by atoms with Gasteiger partial charge in [0, 0.05) is 26.6 Å². The first kappa shape index (κ1) is 14.7. The molecule has 6 heteroatoms. The lowest BCUT2D eigenvalue weighted by atomic mass is 10.2. The summed E-state index contributed by atoms with van der Waals surface area (Å²) in [6, 6.07) is 10.2. The van der Waals surface area contributed by atoms with Crippen LogP contribution < -0.4 is 16.4 Å². The van der Waals surface area contributed by atoms with Crippen LogP contribution in [0.1, 0.15) is 5.56 Å². The minimum Gasteiger partial charge on any atom is -0.398 e. The van der Waals surface area contributed by atoms with Crippen molar-refractivity contribution in [1.29, 1.82) is 0 Å². The summed E-state index contributed by atoms with van der Waals surface area (Å²) in [5.41, 5.74) is 8.53. The Morgan fingerprint density at radius 1 is 1.15 bits per heavy atom. The van der Waals surface area contributed by atoms with Crippen LogP contribution in [0, 0.1) is 6.92 Å². The fraction of sp³-hybridized carbons (Fsp3) is 0.0714. The monoisotopic (exact) mass is 353 g/mol. The predicted octanol–water partition coefficient (Wildman–Crippen LogP) is 4.64. The number of benzene rings is 2. The summed E-state index contributed by atoms with van der Waals surface area (Å²) in [5.74, 6) is 0. The van der Waals surface area contributed by atoms with Gasteiger partial charge in [0.05, 0.1) is 0 Å². The normalized spacial score (nSPS) is 10.2. The van der Waals surface area contributed by atoms with E-state index in [0.717, 1.165) is 10.0 Å². The molecule has 0 bridgehead atoms. The number of anilines is 3. The molecule has 0 unspecified atom stereocenters. The van der Waals surface area contributed by atoms with Crippen molar-refractivity contribution < 1.29 is 4.79 Å². The molecule has 4 nitrogen and oxygen atoms in total. The summed E-state index contributed by atoms with van der Waals surface area (Å²) in [6.07, 6.45) is 0. The Kier molecular flexibility index (Phi) is 4.52. The largest absolute Gasteiger partial charge is 0.398 e. The maximum Gasteiger partial charge on any atom is 0.323 e. The Balaban J connectivity index is 2.04. The number of nitrogens with one attached hydrogen (secondary N) is 2. The molecule has 0 atom stereocenters. The molecule has 0 saturated heterocycles. The van der Waals surface area contributed by atoms with E-state index in [1.165, 1.54) is 0 Å². The Morgan fingerprint density at radius 2 is 1.75 bits per heavy atom. The molecule has 0 aliphatic rings. The van der Waals surface area contributed by atoms with Gasteiger partial charge in [-0.05, 0) is 58.7 Å². The van der Waals surface area contributed by atoms with Crippen molar-refractivity contribution in [2.45, 2.75) is 6.92 Å². The van der Waals surface area contributed by atoms with Gasteiger partial charge in [0.25, 0.3) is 0 Å². The SMILES string of the molecule is Cc1ccc(NC(=O)Nc2ccc(N)c(Br)c2)cc1Cl. The van der Waals surface area contributed by atoms with Crippen molar-refractivity contribution in [2.75, 3.05) is 16.4 Å². The molecule has 20 heavy (non-hydrogen) atoms. The molecule has 4 N–H and O–H groups in total. The van der Waals surface area contributed by atoms with E-state index in [2.05, 4.69) is 26.6 Å². The molecule has 2 aromatic carbocycles. The van der Waals surface area contributed by atoms with E-state index in [0.29, 0.717) is 22.1 Å². The summed E-state index contributed by atoms with van der Waals surface area (Å²) >= 11 is 9.31. The topological polar surface area (TPSA) is 67.2 Å². The van der Waals surface area contributed by atoms with E-state index in [1.807, 2.05) is 13.0 Å². The average molecular weight is 355 g/mol. The van der Waals surface area contributed by atoms with E-state index in [9.17, 15) is 4.79 Å². The van der Waals surface area contributed by atoms with E-state index < -0.39 is 0 Å². The predicted molar refractivity (Wildman–Crippen MR) is 87.4 cm³/mol. The number of hydrogen-bond donors (Lipinski definition) is 3. The molecule has 2 aromatic rings. The molecule has 0 fully saturated rings. The van der Waals surface area contributed by atoms with Crippen LogP contribution in [0.5, 0.6) is 0 Å². The van der Waals surface area contributed by atoms with Gasteiger partial charge >= 0.3 is 6.03 Å². The molecule has 0 saturated carbocycles. The fourth-order valence-electron chi connectivity index (χ4n) is 1.57. The first-order chi connectivity index (χ1) is 9.45. The van der Waals surface area contributed by atoms with Crippen LogP contribution in [0.4, 0.5) is 21.9 Å². The number of urea groups is 1. The van der Waals surface area contributed by atoms with Crippen molar-refractivity contribution in [3.05, 3.63) is 51.5 Å². The number of aryl methyl sites for hydroxylation is 1. The number of carbonyl (C=O) groups is 1. The van der Waals surface area contributed by atoms with Gasteiger partial charge in [0.1, 0.15) is 0 Å². The highest BCUT2D eigenvalue weighted by Gasteiger charge is 2.05. The lowest BCUT2D eigenvalue weighted by Crippen LogP contribution is -2.19. The van der Waals surface area contributed by atoms with E-state index in [4.69, 9.17) is 17.3 Å². The number of halogens is 2. The maximum absolute atomic E-state index is 11.9. The Hall–Kier alpha value is -1.72. The molecule has 0 spiro atoms. The summed E-state index contributed by atoms with van der Waals surface area (Å²) < 4.78 is 0.730. The van der Waals surface area contributed by atoms with Gasteiger partial charge in [-0.3, -0.25) is 0 Å². The first-order valence-electron chi connectivity index (χ1n) is 5.85. The van der Waals surface area contributed by atoms with E-state index >= 15 is 0 Å². The van der Waals surface area contributed by atoms with E-state index in [1.54, 1.807) is 30.3 Å². The molecule has 0 aliphatic carbocycles. The van der Waals surface area contributed by atoms with Crippen molar-refractivity contribution in [2.24, 2.45) is 0 Å². The molecule has 0 radical (unpaired) electrons. The van der Waals surface area contributed by atoms with Crippen molar-refractivity contribution in [3.8, 4) is 0 Å². The maximum atomic E-state index is 11.9. The second kappa shape index (κ2) is 6.15. The number of amides is 2. The van der Waals surface area contributed by atoms with Crippen LogP contribution in [0.2, 0.25) is 5.02 Å². The third-order valence-corrected chi connectivity index (χ3v) is 3.78. The first-order valence-corrected chi connectivity index (χ1v) is 7.02. The number of carbonyl (C=O) groups excluding carboxylic acids is 1. The fourth-order valence-corrected chi connectivity index (χ4v) is 2.13. The highest BCUT2D eigenvalue weighted by Crippen LogP contribution is 2.24. The van der Waals surface area contributed by atoms with Gasteiger partial charge < -0.3 is 16.4 Å². The van der Waals surface area contributed by atoms with Gasteiger partial charge in [0.15, 0.2) is 0 Å². The van der Waals surface area contributed by atoms with Crippen molar-refractivity contribution >= 4 is 50.6 Å². The number of nitrogen functional groups attached to an aromatic ring is 1. The lowest BCUT2D eigenvalue weighted by Gasteiger charge is -2.09. The molecule has 0 aromatic heterocycles. The second-order valence-corrected chi connectivity index (χ2v) is 5.54. The molecule has 0 aliphatic heterocycles. The zero-order chi connectivity index (χ0) is 14.7. The standard InChI is InChI=1S/C14H13BrClN3O/c1-8-2-3-10(7-12(8)16)19-14(20)18-9-4-5-13(17)11(15)6-9/h2-7H,17H2,1H3,(H2,18,19,20). The number of rotatable bonds is 2. The lowest BCUT2D eigenvalue weighted by molar-refractivity contribution is 0.262. The minimum atomic E-state index is -0.346. The Bertz CT molecular complexity index is 605. The third-order valence-electron chi connectivity index (χ3n) is 2.69. The molecule has 104 valence electrons. The minimum absolute atomic E-state index is 0.346. The van der Waals surface area contributed by atoms with Gasteiger partial charge in [-0.15, -0.1) is 0 Å². The number of hydrogen-bond acceptors (Lipinski definition) is 2. The van der Waals surface area contributed by atoms with Gasteiger partial charge in [-0.2, -0.15) is 0 Å². The van der Waals surface area contributed by atoms with Crippen molar-refractivity contribution in [3.63, 3.8) is 0 Å². The molecular formula is C14H13BrClN3O. The van der Waals surface area contributed by atoms with Gasteiger partial charge in [-0.25, -0.2) is 4.79 Å². The van der Waals surface area contributed by atoms with Crippen LogP contribution in [0.3, 0.4) is 0 Å². The summed E-state index contributed by atoms with van der Waals surface area (Å²) in [7, 11) is 0. The quantitative estimate of drug-likeness (QED) is 0.688. The zero-order valence-electron chi connectivity index (χ0n) is 10.7. The van der Waals surface area contributed by atoms with Crippen LogP contribution >= 0.6 is 27.5 Å². The highest BCUT2D eigenvalue weighted by atomic mass is 79.9. The van der Waals surface area contributed by atoms with Crippen LogP contribution in [0.15, 0.2) is 40.9 Å². The van der Waals surface area contributed by atoms with Crippen molar-refractivity contribution in [1.82, 2.24) is 0 Å². The van der Waals surface area contributed by atoms with E-state index in [-0.39, 0.29) is 6.03 Å². The summed E-state index contributed by atoms with van der Waals surface area (Å²) in [4.78, 5) is 11.9. The Morgan fingerprint density at radius 3 is 2.35 bits per heavy atom. The number of nitrogens with two attached hydrogens (primary N) is 1. The van der Waals surface area contributed by atoms with Crippen LogP contribution in [-0.4, -0.2) is 6.03 Å². The molecule has 2 amide bonds. The molecular weight excluding hydrogens is 342 g/mol. The molecule has 2 rings (SSSR count). The van der Waals surface area contributed by atoms with Crippen LogP contribution in [0.25, 0.3) is 0 Å². The summed E-state index contributed by atoms with van der Waals surface area (Å²) in [5, 5.41) is 6.03. The molecule has 0 heterocycles. The second-order valence-electron chi connectivity index (χ2n) is 4.28. The zero-order valence-corrected chi connectivity index (χ0v) is 13.0. The highest BCUT2D eigenvalue weighted by molar-refractivity contribution is 9.10. The Labute approximate surface area is 130 Å². The average Bonchev–Trinajstić information content (AvgIpc) is 2.38. The third kappa shape index (κ3) is 3.65. The summed E-state index contributed by atoms with van der Waals surface area (Å²) in [6.45, 7) is 1.90.